The van der Waals surface area contributed by atoms with Crippen LogP contribution in [0.25, 0.3) is 11.6 Å². The van der Waals surface area contributed by atoms with E-state index in [0.29, 0.717) is 0 Å². The van der Waals surface area contributed by atoms with E-state index in [2.05, 4.69) is 41.7 Å². The minimum atomic E-state index is 0.978. The molecule has 0 atom stereocenters. The van der Waals surface area contributed by atoms with Crippen LogP contribution < -0.4 is 0 Å². The molecule has 0 saturated heterocycles. The van der Waals surface area contributed by atoms with Gasteiger partial charge in [0.1, 0.15) is 6.33 Å². The molecule has 0 aliphatic carbocycles. The summed E-state index contributed by atoms with van der Waals surface area (Å²) in [6.07, 6.45) is 9.03. The van der Waals surface area contributed by atoms with Crippen LogP contribution in [0.1, 0.15) is 44.4 Å². The van der Waals surface area contributed by atoms with Crippen LogP contribution in [-0.2, 0) is 0 Å². The highest BCUT2D eigenvalue weighted by Gasteiger charge is 1.99. The van der Waals surface area contributed by atoms with Crippen molar-refractivity contribution in [2.24, 2.45) is 0 Å². The smallest absolute Gasteiger partial charge is 0.115 e. The molecule has 2 nitrogen and oxygen atoms in total. The number of aryl methyl sites for hydroxylation is 1. The van der Waals surface area contributed by atoms with E-state index in [9.17, 15) is 0 Å². The number of hydrogen-bond acceptors (Lipinski definition) is 2. The third-order valence-corrected chi connectivity index (χ3v) is 2.61. The summed E-state index contributed by atoms with van der Waals surface area (Å²) in [6, 6.07) is 8.24. The van der Waals surface area contributed by atoms with Crippen molar-refractivity contribution in [2.45, 2.75) is 34.6 Å². The molecule has 0 bridgehead atoms. The van der Waals surface area contributed by atoms with E-state index >= 15 is 0 Å². The van der Waals surface area contributed by atoms with E-state index < -0.39 is 0 Å². The fourth-order valence-electron chi connectivity index (χ4n) is 1.62. The summed E-state index contributed by atoms with van der Waals surface area (Å²) in [5, 5.41) is 0. The SMILES string of the molecule is C=C/C(=C\c1ccccc1C)c1cncnc1.CC.CC. The molecule has 0 fully saturated rings. The van der Waals surface area contributed by atoms with Gasteiger partial charge in [0.25, 0.3) is 0 Å². The van der Waals surface area contributed by atoms with Crippen LogP contribution in [0.5, 0.6) is 0 Å². The first-order chi connectivity index (χ1) is 10.3. The molecule has 0 unspecified atom stereocenters. The largest absolute Gasteiger partial charge is 0.244 e. The Morgan fingerprint density at radius 2 is 1.57 bits per heavy atom. The van der Waals surface area contributed by atoms with Crippen molar-refractivity contribution < 1.29 is 0 Å². The van der Waals surface area contributed by atoms with Crippen molar-refractivity contribution in [1.29, 1.82) is 0 Å². The quantitative estimate of drug-likeness (QED) is 0.688. The molecule has 0 aliphatic heterocycles. The predicted molar refractivity (Wildman–Crippen MR) is 94.0 cm³/mol. The van der Waals surface area contributed by atoms with Crippen LogP contribution in [-0.4, -0.2) is 9.97 Å². The Morgan fingerprint density at radius 1 is 1.00 bits per heavy atom. The molecular formula is C19H26N2. The van der Waals surface area contributed by atoms with Gasteiger partial charge in [-0.3, -0.25) is 0 Å². The topological polar surface area (TPSA) is 25.8 Å². The summed E-state index contributed by atoms with van der Waals surface area (Å²) in [5.41, 5.74) is 4.43. The van der Waals surface area contributed by atoms with Gasteiger partial charge in [-0.1, -0.05) is 64.6 Å². The van der Waals surface area contributed by atoms with Crippen molar-refractivity contribution in [1.82, 2.24) is 9.97 Å². The molecule has 0 saturated carbocycles. The molecule has 0 spiro atoms. The molecule has 21 heavy (non-hydrogen) atoms. The van der Waals surface area contributed by atoms with Crippen LogP contribution in [0.4, 0.5) is 0 Å². The second-order valence-electron chi connectivity index (χ2n) is 3.79. The van der Waals surface area contributed by atoms with Crippen molar-refractivity contribution in [3.8, 4) is 0 Å². The summed E-state index contributed by atoms with van der Waals surface area (Å²) in [5.74, 6) is 0. The maximum absolute atomic E-state index is 4.02. The Labute approximate surface area is 129 Å². The van der Waals surface area contributed by atoms with E-state index in [1.807, 2.05) is 45.9 Å². The van der Waals surface area contributed by atoms with Gasteiger partial charge >= 0.3 is 0 Å². The maximum Gasteiger partial charge on any atom is 0.115 e. The van der Waals surface area contributed by atoms with Gasteiger partial charge in [0.2, 0.25) is 0 Å². The van der Waals surface area contributed by atoms with Gasteiger partial charge in [0.15, 0.2) is 0 Å². The van der Waals surface area contributed by atoms with Gasteiger partial charge in [-0.05, 0) is 29.7 Å². The van der Waals surface area contributed by atoms with Gasteiger partial charge < -0.3 is 0 Å². The van der Waals surface area contributed by atoms with Gasteiger partial charge in [0.05, 0.1) is 0 Å². The lowest BCUT2D eigenvalue weighted by molar-refractivity contribution is 1.16. The van der Waals surface area contributed by atoms with E-state index in [0.717, 1.165) is 11.1 Å². The molecule has 0 amide bonds. The molecule has 0 radical (unpaired) electrons. The Hall–Kier alpha value is -2.22. The third kappa shape index (κ3) is 6.17. The van der Waals surface area contributed by atoms with Crippen LogP contribution in [0.15, 0.2) is 55.6 Å². The Balaban J connectivity index is 0.000000921. The van der Waals surface area contributed by atoms with E-state index in [1.54, 1.807) is 12.4 Å². The lowest BCUT2D eigenvalue weighted by Crippen LogP contribution is -1.86. The average Bonchev–Trinajstić information content (AvgIpc) is 2.58. The number of aromatic nitrogens is 2. The van der Waals surface area contributed by atoms with Crippen LogP contribution in [0.2, 0.25) is 0 Å². The van der Waals surface area contributed by atoms with E-state index in [-0.39, 0.29) is 0 Å². The van der Waals surface area contributed by atoms with E-state index in [4.69, 9.17) is 0 Å². The van der Waals surface area contributed by atoms with Crippen LogP contribution >= 0.6 is 0 Å². The fourth-order valence-corrected chi connectivity index (χ4v) is 1.62. The second kappa shape index (κ2) is 11.6. The molecule has 1 heterocycles. The maximum atomic E-state index is 4.02. The number of allylic oxidation sites excluding steroid dienone is 2. The summed E-state index contributed by atoms with van der Waals surface area (Å²) in [6.45, 7) is 13.9. The van der Waals surface area contributed by atoms with Crippen molar-refractivity contribution in [3.63, 3.8) is 0 Å². The monoisotopic (exact) mass is 282 g/mol. The van der Waals surface area contributed by atoms with Gasteiger partial charge in [-0.15, -0.1) is 0 Å². The Bertz CT molecular complexity index is 543. The normalized spacial score (nSPS) is 9.67. The number of benzene rings is 1. The zero-order valence-electron chi connectivity index (χ0n) is 13.8. The molecular weight excluding hydrogens is 256 g/mol. The second-order valence-corrected chi connectivity index (χ2v) is 3.79. The van der Waals surface area contributed by atoms with Gasteiger partial charge in [0, 0.05) is 18.0 Å². The fraction of sp³-hybridized carbons (Fsp3) is 0.263. The van der Waals surface area contributed by atoms with Crippen molar-refractivity contribution in [3.05, 3.63) is 72.3 Å². The van der Waals surface area contributed by atoms with Gasteiger partial charge in [-0.25, -0.2) is 9.97 Å². The molecule has 2 heteroatoms. The predicted octanol–water partition coefficient (Wildman–Crippen LogP) is 5.56. The summed E-state index contributed by atoms with van der Waals surface area (Å²) >= 11 is 0. The van der Waals surface area contributed by atoms with Crippen molar-refractivity contribution in [2.75, 3.05) is 0 Å². The van der Waals surface area contributed by atoms with E-state index in [1.165, 1.54) is 17.5 Å². The lowest BCUT2D eigenvalue weighted by Gasteiger charge is -2.03. The minimum absolute atomic E-state index is 0.978. The summed E-state index contributed by atoms with van der Waals surface area (Å²) in [7, 11) is 0. The first-order valence-electron chi connectivity index (χ1n) is 7.46. The average molecular weight is 282 g/mol. The number of nitrogens with zero attached hydrogens (tertiary/aromatic N) is 2. The summed E-state index contributed by atoms with van der Waals surface area (Å²) in [4.78, 5) is 8.04. The molecule has 1 aromatic carbocycles. The standard InChI is InChI=1S/C15H14N2.2C2H6/c1-3-13(15-9-16-11-17-10-15)8-14-7-5-4-6-12(14)2;2*1-2/h3-11H,1H2,2H3;2*1-2H3/b13-8+;;. The molecule has 0 aliphatic rings. The highest BCUT2D eigenvalue weighted by molar-refractivity contribution is 5.87. The highest BCUT2D eigenvalue weighted by Crippen LogP contribution is 2.19. The minimum Gasteiger partial charge on any atom is -0.244 e. The third-order valence-electron chi connectivity index (χ3n) is 2.61. The van der Waals surface area contributed by atoms with Gasteiger partial charge in [-0.2, -0.15) is 0 Å². The Kier molecular flexibility index (Phi) is 10.4. The number of hydrogen-bond donors (Lipinski definition) is 0. The molecule has 2 aromatic rings. The first-order valence-corrected chi connectivity index (χ1v) is 7.46. The highest BCUT2D eigenvalue weighted by atomic mass is 14.8. The Morgan fingerprint density at radius 3 is 2.10 bits per heavy atom. The molecule has 0 N–H and O–H groups in total. The lowest BCUT2D eigenvalue weighted by atomic mass is 10.0. The summed E-state index contributed by atoms with van der Waals surface area (Å²) < 4.78 is 0. The molecule has 2 rings (SSSR count). The molecule has 1 aromatic heterocycles. The van der Waals surface area contributed by atoms with Crippen LogP contribution in [0, 0.1) is 6.92 Å². The first kappa shape index (κ1) is 18.8. The van der Waals surface area contributed by atoms with Crippen LogP contribution in [0.3, 0.4) is 0 Å². The zero-order chi connectivity index (χ0) is 16.1. The van der Waals surface area contributed by atoms with Crippen molar-refractivity contribution >= 4 is 11.6 Å². The number of rotatable bonds is 3. The zero-order valence-corrected chi connectivity index (χ0v) is 13.8. The molecule has 112 valence electrons.